The molecule has 3 heterocycles. The van der Waals surface area contributed by atoms with Gasteiger partial charge in [0.2, 0.25) is 0 Å². The van der Waals surface area contributed by atoms with Gasteiger partial charge in [0.05, 0.1) is 6.04 Å². The summed E-state index contributed by atoms with van der Waals surface area (Å²) >= 11 is 0. The minimum Gasteiger partial charge on any atom is -0.328 e. The number of urea groups is 1. The summed E-state index contributed by atoms with van der Waals surface area (Å²) in [4.78, 5) is 30.2. The van der Waals surface area contributed by atoms with Gasteiger partial charge in [-0.15, -0.1) is 0 Å². The third-order valence-electron chi connectivity index (χ3n) is 7.52. The molecule has 2 saturated heterocycles. The van der Waals surface area contributed by atoms with Gasteiger partial charge in [0.15, 0.2) is 0 Å². The van der Waals surface area contributed by atoms with Gasteiger partial charge in [-0.2, -0.15) is 0 Å². The second kappa shape index (κ2) is 10.5. The van der Waals surface area contributed by atoms with Crippen molar-refractivity contribution >= 4 is 6.03 Å². The van der Waals surface area contributed by atoms with E-state index in [0.29, 0.717) is 19.0 Å². The fraction of sp³-hybridized carbons (Fsp3) is 0.379. The average Bonchev–Trinajstić information content (AvgIpc) is 2.91. The SMILES string of the molecule is NC1CCN(C(=O)N2CCC(Cn3ccc(-c4ccccc4)cc3=O)CC2)C(c2ccccc2)C1. The number of hydrogen-bond acceptors (Lipinski definition) is 3. The Morgan fingerprint density at radius 1 is 0.857 bits per heavy atom. The number of nitrogens with zero attached hydrogens (tertiary/aromatic N) is 3. The molecule has 2 aromatic carbocycles. The molecule has 1 aromatic heterocycles. The van der Waals surface area contributed by atoms with E-state index < -0.39 is 0 Å². The first kappa shape index (κ1) is 23.4. The Kier molecular flexibility index (Phi) is 7.00. The Balaban J connectivity index is 1.20. The summed E-state index contributed by atoms with van der Waals surface area (Å²) in [7, 11) is 0. The standard InChI is InChI=1S/C29H34N4O2/c30-26-14-18-33(27(20-26)24-9-5-2-6-10-24)29(35)31-15-11-22(12-16-31)21-32-17-13-25(19-28(32)34)23-7-3-1-4-8-23/h1-10,13,17,19,22,26-27H,11-12,14-16,18,20-21,30H2. The Bertz CT molecular complexity index is 1190. The maximum atomic E-state index is 13.5. The van der Waals surface area contributed by atoms with Crippen LogP contribution in [-0.4, -0.2) is 46.1 Å². The smallest absolute Gasteiger partial charge is 0.320 e. The number of benzene rings is 2. The van der Waals surface area contributed by atoms with Crippen molar-refractivity contribution in [3.05, 3.63) is 94.9 Å². The average molecular weight is 471 g/mol. The lowest BCUT2D eigenvalue weighted by Crippen LogP contribution is -2.52. The number of piperidine rings is 2. The van der Waals surface area contributed by atoms with Crippen LogP contribution in [-0.2, 0) is 6.54 Å². The van der Waals surface area contributed by atoms with Crippen molar-refractivity contribution < 1.29 is 4.79 Å². The number of likely N-dealkylation sites (tertiary alicyclic amines) is 2. The molecule has 6 heteroatoms. The zero-order valence-corrected chi connectivity index (χ0v) is 20.1. The molecule has 2 aliphatic rings. The summed E-state index contributed by atoms with van der Waals surface area (Å²) in [6.07, 6.45) is 5.36. The van der Waals surface area contributed by atoms with E-state index >= 15 is 0 Å². The molecule has 0 aliphatic carbocycles. The molecule has 2 fully saturated rings. The predicted octanol–water partition coefficient (Wildman–Crippen LogP) is 4.51. The molecule has 2 amide bonds. The van der Waals surface area contributed by atoms with E-state index in [1.54, 1.807) is 6.07 Å². The Labute approximate surface area is 207 Å². The minimum absolute atomic E-state index is 0.0280. The highest BCUT2D eigenvalue weighted by molar-refractivity contribution is 5.75. The van der Waals surface area contributed by atoms with Gasteiger partial charge in [0.1, 0.15) is 0 Å². The van der Waals surface area contributed by atoms with Gasteiger partial charge in [-0.25, -0.2) is 4.79 Å². The van der Waals surface area contributed by atoms with Gasteiger partial charge in [0, 0.05) is 44.5 Å². The molecule has 182 valence electrons. The van der Waals surface area contributed by atoms with E-state index in [1.165, 1.54) is 0 Å². The van der Waals surface area contributed by atoms with E-state index in [9.17, 15) is 9.59 Å². The van der Waals surface area contributed by atoms with Gasteiger partial charge in [-0.1, -0.05) is 60.7 Å². The van der Waals surface area contributed by atoms with Crippen molar-refractivity contribution in [3.63, 3.8) is 0 Å². The van der Waals surface area contributed by atoms with Crippen LogP contribution in [0.25, 0.3) is 11.1 Å². The first-order valence-electron chi connectivity index (χ1n) is 12.7. The molecule has 2 aliphatic heterocycles. The van der Waals surface area contributed by atoms with E-state index in [0.717, 1.165) is 55.5 Å². The molecule has 0 saturated carbocycles. The number of hydrogen-bond donors (Lipinski definition) is 1. The van der Waals surface area contributed by atoms with E-state index in [-0.39, 0.29) is 23.7 Å². The second-order valence-electron chi connectivity index (χ2n) is 9.89. The summed E-state index contributed by atoms with van der Waals surface area (Å²) in [5.74, 6) is 0.388. The summed E-state index contributed by atoms with van der Waals surface area (Å²) in [5, 5.41) is 0. The monoisotopic (exact) mass is 470 g/mol. The lowest BCUT2D eigenvalue weighted by molar-refractivity contribution is 0.0951. The van der Waals surface area contributed by atoms with E-state index in [4.69, 9.17) is 5.73 Å². The van der Waals surface area contributed by atoms with Crippen molar-refractivity contribution in [2.75, 3.05) is 19.6 Å². The lowest BCUT2D eigenvalue weighted by Gasteiger charge is -2.43. The van der Waals surface area contributed by atoms with Crippen molar-refractivity contribution in [3.8, 4) is 11.1 Å². The third-order valence-corrected chi connectivity index (χ3v) is 7.52. The summed E-state index contributed by atoms with van der Waals surface area (Å²) in [6.45, 7) is 2.85. The van der Waals surface area contributed by atoms with Gasteiger partial charge in [-0.3, -0.25) is 4.79 Å². The van der Waals surface area contributed by atoms with Gasteiger partial charge < -0.3 is 20.1 Å². The highest BCUT2D eigenvalue weighted by Crippen LogP contribution is 2.32. The van der Waals surface area contributed by atoms with Crippen LogP contribution in [0.2, 0.25) is 0 Å². The van der Waals surface area contributed by atoms with Gasteiger partial charge in [-0.05, 0) is 54.4 Å². The molecule has 0 spiro atoms. The van der Waals surface area contributed by atoms with E-state index in [1.807, 2.05) is 75.2 Å². The van der Waals surface area contributed by atoms with Crippen LogP contribution < -0.4 is 11.3 Å². The Morgan fingerprint density at radius 3 is 2.23 bits per heavy atom. The van der Waals surface area contributed by atoms with Gasteiger partial charge >= 0.3 is 6.03 Å². The quantitative estimate of drug-likeness (QED) is 0.610. The highest BCUT2D eigenvalue weighted by atomic mass is 16.2. The third kappa shape index (κ3) is 5.33. The minimum atomic E-state index is 0.0280. The summed E-state index contributed by atoms with van der Waals surface area (Å²) in [6, 6.07) is 24.2. The van der Waals surface area contributed by atoms with Crippen LogP contribution >= 0.6 is 0 Å². The fourth-order valence-corrected chi connectivity index (χ4v) is 5.45. The zero-order chi connectivity index (χ0) is 24.2. The Morgan fingerprint density at radius 2 is 1.54 bits per heavy atom. The number of nitrogens with two attached hydrogens (primary N) is 1. The molecule has 2 unspecified atom stereocenters. The maximum absolute atomic E-state index is 13.5. The van der Waals surface area contributed by atoms with Crippen LogP contribution in [0, 0.1) is 5.92 Å². The van der Waals surface area contributed by atoms with Crippen LogP contribution in [0.4, 0.5) is 4.79 Å². The van der Waals surface area contributed by atoms with E-state index in [2.05, 4.69) is 12.1 Å². The molecule has 0 bridgehead atoms. The largest absolute Gasteiger partial charge is 0.328 e. The second-order valence-corrected chi connectivity index (χ2v) is 9.89. The molecule has 2 N–H and O–H groups in total. The zero-order valence-electron chi connectivity index (χ0n) is 20.1. The number of carbonyl (C=O) groups is 1. The molecule has 0 radical (unpaired) electrons. The van der Waals surface area contributed by atoms with Crippen molar-refractivity contribution in [1.82, 2.24) is 14.4 Å². The number of aromatic nitrogens is 1. The van der Waals surface area contributed by atoms with Crippen LogP contribution in [0.1, 0.15) is 37.3 Å². The van der Waals surface area contributed by atoms with Crippen molar-refractivity contribution in [2.45, 2.75) is 44.3 Å². The summed E-state index contributed by atoms with van der Waals surface area (Å²) < 4.78 is 1.81. The number of rotatable bonds is 4. The molecule has 35 heavy (non-hydrogen) atoms. The number of amides is 2. The molecule has 6 nitrogen and oxygen atoms in total. The number of pyridine rings is 1. The lowest BCUT2D eigenvalue weighted by atomic mass is 9.92. The van der Waals surface area contributed by atoms with Gasteiger partial charge in [0.25, 0.3) is 5.56 Å². The maximum Gasteiger partial charge on any atom is 0.320 e. The normalized spacial score (nSPS) is 21.2. The summed E-state index contributed by atoms with van der Waals surface area (Å²) in [5.41, 5.74) is 9.45. The topological polar surface area (TPSA) is 71.6 Å². The Hall–Kier alpha value is -3.38. The number of carbonyl (C=O) groups excluding carboxylic acids is 1. The predicted molar refractivity (Wildman–Crippen MR) is 139 cm³/mol. The first-order chi connectivity index (χ1) is 17.1. The first-order valence-corrected chi connectivity index (χ1v) is 12.7. The fourth-order valence-electron chi connectivity index (χ4n) is 5.45. The highest BCUT2D eigenvalue weighted by Gasteiger charge is 2.35. The molecule has 5 rings (SSSR count). The molecular weight excluding hydrogens is 436 g/mol. The van der Waals surface area contributed by atoms with Crippen LogP contribution in [0.5, 0.6) is 0 Å². The van der Waals surface area contributed by atoms with Crippen LogP contribution in [0.3, 0.4) is 0 Å². The van der Waals surface area contributed by atoms with Crippen LogP contribution in [0.15, 0.2) is 83.8 Å². The van der Waals surface area contributed by atoms with Crippen molar-refractivity contribution in [2.24, 2.45) is 11.7 Å². The molecular formula is C29H34N4O2. The molecule has 3 aromatic rings. The molecule has 2 atom stereocenters. The van der Waals surface area contributed by atoms with Crippen molar-refractivity contribution in [1.29, 1.82) is 0 Å².